The maximum absolute atomic E-state index is 12.6. The molecule has 120 valence electrons. The fraction of sp³-hybridized carbons (Fsp3) is 0.533. The lowest BCUT2D eigenvalue weighted by molar-refractivity contribution is -0.384. The second kappa shape index (κ2) is 6.31. The summed E-state index contributed by atoms with van der Waals surface area (Å²) in [6.07, 6.45) is -0.559. The molecule has 0 spiro atoms. The maximum atomic E-state index is 12.6. The van der Waals surface area contributed by atoms with Crippen LogP contribution in [0.1, 0.15) is 13.8 Å². The highest BCUT2D eigenvalue weighted by Gasteiger charge is 2.36. The van der Waals surface area contributed by atoms with E-state index in [4.69, 9.17) is 4.74 Å². The lowest BCUT2D eigenvalue weighted by Gasteiger charge is -2.36. The van der Waals surface area contributed by atoms with Crippen LogP contribution in [0.25, 0.3) is 0 Å². The van der Waals surface area contributed by atoms with Gasteiger partial charge in [0.15, 0.2) is 6.10 Å². The molecule has 1 unspecified atom stereocenters. The number of carbonyl (C=O) groups is 1. The Morgan fingerprint density at radius 2 is 2.09 bits per heavy atom. The first-order chi connectivity index (χ1) is 10.3. The first-order valence-electron chi connectivity index (χ1n) is 7.22. The van der Waals surface area contributed by atoms with Crippen LogP contribution in [0.15, 0.2) is 18.2 Å². The molecule has 1 amide bonds. The number of fused-ring (bicyclic) bond motifs is 1. The first kappa shape index (κ1) is 16.2. The van der Waals surface area contributed by atoms with Gasteiger partial charge in [0.1, 0.15) is 5.75 Å². The van der Waals surface area contributed by atoms with E-state index >= 15 is 0 Å². The molecule has 0 saturated carbocycles. The fourth-order valence-corrected chi connectivity index (χ4v) is 2.34. The fourth-order valence-electron chi connectivity index (χ4n) is 2.34. The van der Waals surface area contributed by atoms with Crippen molar-refractivity contribution in [2.45, 2.75) is 20.0 Å². The third-order valence-electron chi connectivity index (χ3n) is 3.58. The topological polar surface area (TPSA) is 75.9 Å². The number of amides is 1. The Balaban J connectivity index is 2.42. The number of hydrogen-bond donors (Lipinski definition) is 0. The van der Waals surface area contributed by atoms with Gasteiger partial charge in [-0.25, -0.2) is 0 Å². The first-order valence-corrected chi connectivity index (χ1v) is 7.22. The number of likely N-dealkylation sites (N-methyl/N-ethyl adjacent to an activating group) is 1. The zero-order valence-corrected chi connectivity index (χ0v) is 13.3. The highest BCUT2D eigenvalue weighted by atomic mass is 16.6. The van der Waals surface area contributed by atoms with Crippen LogP contribution >= 0.6 is 0 Å². The van der Waals surface area contributed by atoms with E-state index in [0.29, 0.717) is 24.5 Å². The van der Waals surface area contributed by atoms with Crippen LogP contribution in [0.3, 0.4) is 0 Å². The molecule has 22 heavy (non-hydrogen) atoms. The average molecular weight is 307 g/mol. The standard InChI is InChI=1S/C15H21N3O4/c1-10(2)14-15(19)17(8-7-16(3)4)12-9-11(18(20)21)5-6-13(12)22-14/h5-6,9-10,14H,7-8H2,1-4H3. The molecule has 7 heteroatoms. The Labute approximate surface area is 129 Å². The molecule has 1 aliphatic rings. The van der Waals surface area contributed by atoms with Crippen molar-refractivity contribution in [3.05, 3.63) is 28.3 Å². The Morgan fingerprint density at radius 1 is 1.41 bits per heavy atom. The lowest BCUT2D eigenvalue weighted by atomic mass is 10.0. The highest BCUT2D eigenvalue weighted by Crippen LogP contribution is 2.38. The van der Waals surface area contributed by atoms with Gasteiger partial charge in [0.05, 0.1) is 10.6 Å². The van der Waals surface area contributed by atoms with Gasteiger partial charge >= 0.3 is 0 Å². The molecule has 1 atom stereocenters. The minimum atomic E-state index is -0.559. The Bertz CT molecular complexity index is 586. The molecule has 2 rings (SSSR count). The van der Waals surface area contributed by atoms with Crippen LogP contribution in [0.2, 0.25) is 0 Å². The van der Waals surface area contributed by atoms with E-state index in [0.717, 1.165) is 0 Å². The van der Waals surface area contributed by atoms with E-state index in [2.05, 4.69) is 0 Å². The number of non-ortho nitro benzene ring substituents is 1. The monoisotopic (exact) mass is 307 g/mol. The van der Waals surface area contributed by atoms with Crippen molar-refractivity contribution in [1.82, 2.24) is 4.90 Å². The summed E-state index contributed by atoms with van der Waals surface area (Å²) in [6, 6.07) is 4.37. The second-order valence-electron chi connectivity index (χ2n) is 5.98. The molecule has 0 fully saturated rings. The van der Waals surface area contributed by atoms with E-state index in [1.807, 2.05) is 32.8 Å². The van der Waals surface area contributed by atoms with Crippen LogP contribution in [0, 0.1) is 16.0 Å². The smallest absolute Gasteiger partial charge is 0.271 e. The molecule has 7 nitrogen and oxygen atoms in total. The number of anilines is 1. The van der Waals surface area contributed by atoms with Crippen molar-refractivity contribution >= 4 is 17.3 Å². The van der Waals surface area contributed by atoms with Crippen molar-refractivity contribution < 1.29 is 14.5 Å². The SMILES string of the molecule is CC(C)C1Oc2ccc([N+](=O)[O-])cc2N(CCN(C)C)C1=O. The summed E-state index contributed by atoms with van der Waals surface area (Å²) in [5, 5.41) is 11.0. The number of benzene rings is 1. The summed E-state index contributed by atoms with van der Waals surface area (Å²) in [4.78, 5) is 26.7. The molecule has 0 aromatic heterocycles. The van der Waals surface area contributed by atoms with Gasteiger partial charge < -0.3 is 14.5 Å². The average Bonchev–Trinajstić information content (AvgIpc) is 2.44. The number of nitro benzene ring substituents is 1. The summed E-state index contributed by atoms with van der Waals surface area (Å²) >= 11 is 0. The summed E-state index contributed by atoms with van der Waals surface area (Å²) < 4.78 is 5.75. The summed E-state index contributed by atoms with van der Waals surface area (Å²) in [5.74, 6) is 0.394. The van der Waals surface area contributed by atoms with Crippen molar-refractivity contribution in [2.75, 3.05) is 32.1 Å². The van der Waals surface area contributed by atoms with Crippen molar-refractivity contribution in [1.29, 1.82) is 0 Å². The number of rotatable bonds is 5. The second-order valence-corrected chi connectivity index (χ2v) is 5.98. The number of hydrogen-bond acceptors (Lipinski definition) is 5. The van der Waals surface area contributed by atoms with E-state index in [-0.39, 0.29) is 17.5 Å². The predicted molar refractivity (Wildman–Crippen MR) is 83.3 cm³/mol. The van der Waals surface area contributed by atoms with Gasteiger partial charge in [-0.1, -0.05) is 13.8 Å². The van der Waals surface area contributed by atoms with E-state index in [9.17, 15) is 14.9 Å². The molecule has 1 aromatic rings. The predicted octanol–water partition coefficient (Wildman–Crippen LogP) is 1.91. The highest BCUT2D eigenvalue weighted by molar-refractivity contribution is 6.00. The van der Waals surface area contributed by atoms with E-state index < -0.39 is 11.0 Å². The molecule has 0 bridgehead atoms. The number of carbonyl (C=O) groups excluding carboxylic acids is 1. The van der Waals surface area contributed by atoms with Gasteiger partial charge in [-0.05, 0) is 26.1 Å². The largest absolute Gasteiger partial charge is 0.478 e. The van der Waals surface area contributed by atoms with Gasteiger partial charge in [0, 0.05) is 25.2 Å². The van der Waals surface area contributed by atoms with Gasteiger partial charge in [-0.3, -0.25) is 14.9 Å². The van der Waals surface area contributed by atoms with Crippen molar-refractivity contribution in [2.24, 2.45) is 5.92 Å². The zero-order chi connectivity index (χ0) is 16.4. The lowest BCUT2D eigenvalue weighted by Crippen LogP contribution is -2.50. The van der Waals surface area contributed by atoms with Crippen molar-refractivity contribution in [3.63, 3.8) is 0 Å². The Kier molecular flexibility index (Phi) is 4.65. The maximum Gasteiger partial charge on any atom is 0.271 e. The van der Waals surface area contributed by atoms with Crippen LogP contribution < -0.4 is 9.64 Å². The minimum absolute atomic E-state index is 0.0256. The molecule has 0 radical (unpaired) electrons. The van der Waals surface area contributed by atoms with Gasteiger partial charge in [0.25, 0.3) is 11.6 Å². The Hall–Kier alpha value is -2.15. The molecular weight excluding hydrogens is 286 g/mol. The molecule has 1 aromatic carbocycles. The van der Waals surface area contributed by atoms with Crippen molar-refractivity contribution in [3.8, 4) is 5.75 Å². The summed E-state index contributed by atoms with van der Waals surface area (Å²) in [6.45, 7) is 4.97. The summed E-state index contributed by atoms with van der Waals surface area (Å²) in [7, 11) is 3.83. The zero-order valence-electron chi connectivity index (χ0n) is 13.3. The molecule has 0 aliphatic carbocycles. The number of nitrogens with zero attached hydrogens (tertiary/aromatic N) is 3. The molecule has 0 N–H and O–H groups in total. The van der Waals surface area contributed by atoms with Gasteiger partial charge in [-0.2, -0.15) is 0 Å². The van der Waals surface area contributed by atoms with Gasteiger partial charge in [-0.15, -0.1) is 0 Å². The third-order valence-corrected chi connectivity index (χ3v) is 3.58. The van der Waals surface area contributed by atoms with Crippen LogP contribution in [-0.4, -0.2) is 49.0 Å². The summed E-state index contributed by atoms with van der Waals surface area (Å²) in [5.41, 5.74) is 0.422. The molecule has 1 aliphatic heterocycles. The number of ether oxygens (including phenoxy) is 1. The third kappa shape index (κ3) is 3.19. The quantitative estimate of drug-likeness (QED) is 0.613. The van der Waals surface area contributed by atoms with Crippen LogP contribution in [0.5, 0.6) is 5.75 Å². The molecular formula is C15H21N3O4. The van der Waals surface area contributed by atoms with Crippen LogP contribution in [-0.2, 0) is 4.79 Å². The normalized spacial score (nSPS) is 17.6. The van der Waals surface area contributed by atoms with Crippen LogP contribution in [0.4, 0.5) is 11.4 Å². The number of nitro groups is 1. The Morgan fingerprint density at radius 3 is 2.64 bits per heavy atom. The van der Waals surface area contributed by atoms with Gasteiger partial charge in [0.2, 0.25) is 0 Å². The molecule has 1 heterocycles. The minimum Gasteiger partial charge on any atom is -0.478 e. The van der Waals surface area contributed by atoms with E-state index in [1.165, 1.54) is 12.1 Å². The van der Waals surface area contributed by atoms with E-state index in [1.54, 1.807) is 11.0 Å². The molecule has 0 saturated heterocycles.